The third-order valence-electron chi connectivity index (χ3n) is 1.75. The summed E-state index contributed by atoms with van der Waals surface area (Å²) in [6, 6.07) is 0. The van der Waals surface area contributed by atoms with Crippen LogP contribution < -0.4 is 0 Å². The van der Waals surface area contributed by atoms with Gasteiger partial charge in [0.15, 0.2) is 0 Å². The molecule has 76 valence electrons. The summed E-state index contributed by atoms with van der Waals surface area (Å²) in [7, 11) is 1.13. The number of rotatable bonds is 5. The number of esters is 1. The molecule has 0 spiro atoms. The molecule has 0 radical (unpaired) electrons. The van der Waals surface area contributed by atoms with Crippen LogP contribution in [-0.2, 0) is 19.1 Å². The summed E-state index contributed by atoms with van der Waals surface area (Å²) in [6.45, 7) is 3.33. The van der Waals surface area contributed by atoms with Crippen molar-refractivity contribution in [3.05, 3.63) is 0 Å². The SMILES string of the molecule is CCOC(CC)(C(=O)O)C(=O)OC. The van der Waals surface area contributed by atoms with Gasteiger partial charge in [0.25, 0.3) is 5.60 Å². The second kappa shape index (κ2) is 4.81. The van der Waals surface area contributed by atoms with E-state index in [1.54, 1.807) is 13.8 Å². The molecule has 13 heavy (non-hydrogen) atoms. The van der Waals surface area contributed by atoms with Gasteiger partial charge < -0.3 is 14.6 Å². The molecule has 0 rings (SSSR count). The lowest BCUT2D eigenvalue weighted by molar-refractivity contribution is -0.185. The normalized spacial score (nSPS) is 14.7. The van der Waals surface area contributed by atoms with Crippen molar-refractivity contribution in [3.63, 3.8) is 0 Å². The summed E-state index contributed by atoms with van der Waals surface area (Å²) in [6.07, 6.45) is 0.0445. The molecule has 0 aliphatic carbocycles. The van der Waals surface area contributed by atoms with E-state index in [-0.39, 0.29) is 13.0 Å². The molecule has 0 saturated carbocycles. The van der Waals surface area contributed by atoms with Crippen molar-refractivity contribution in [2.75, 3.05) is 13.7 Å². The highest BCUT2D eigenvalue weighted by atomic mass is 16.6. The van der Waals surface area contributed by atoms with Gasteiger partial charge in [-0.1, -0.05) is 6.92 Å². The molecule has 1 atom stereocenters. The van der Waals surface area contributed by atoms with Crippen LogP contribution in [0.5, 0.6) is 0 Å². The molecule has 0 amide bonds. The van der Waals surface area contributed by atoms with E-state index in [0.29, 0.717) is 0 Å². The van der Waals surface area contributed by atoms with Gasteiger partial charge in [-0.15, -0.1) is 0 Å². The minimum absolute atomic E-state index is 0.0445. The Kier molecular flexibility index (Phi) is 4.40. The number of aliphatic carboxylic acids is 1. The van der Waals surface area contributed by atoms with E-state index in [9.17, 15) is 9.59 Å². The lowest BCUT2D eigenvalue weighted by Gasteiger charge is -2.24. The van der Waals surface area contributed by atoms with Crippen LogP contribution in [0, 0.1) is 0 Å². The molecule has 5 heteroatoms. The third kappa shape index (κ3) is 2.18. The maximum absolute atomic E-state index is 11.2. The average molecular weight is 190 g/mol. The Bertz CT molecular complexity index is 201. The van der Waals surface area contributed by atoms with Crippen LogP contribution in [-0.4, -0.2) is 36.4 Å². The molecule has 0 bridgehead atoms. The molecule has 0 heterocycles. The second-order valence-electron chi connectivity index (χ2n) is 2.41. The number of carboxylic acid groups (broad SMARTS) is 1. The maximum atomic E-state index is 11.2. The van der Waals surface area contributed by atoms with E-state index < -0.39 is 17.5 Å². The van der Waals surface area contributed by atoms with Gasteiger partial charge in [0.05, 0.1) is 7.11 Å². The molecule has 0 aromatic heterocycles. The zero-order valence-electron chi connectivity index (χ0n) is 7.99. The summed E-state index contributed by atoms with van der Waals surface area (Å²) in [5, 5.41) is 8.83. The number of hydrogen-bond donors (Lipinski definition) is 1. The first-order valence-corrected chi connectivity index (χ1v) is 4.00. The molecule has 0 aromatic rings. The monoisotopic (exact) mass is 190 g/mol. The molecular weight excluding hydrogens is 176 g/mol. The fourth-order valence-electron chi connectivity index (χ4n) is 1.02. The minimum Gasteiger partial charge on any atom is -0.479 e. The Labute approximate surface area is 76.6 Å². The van der Waals surface area contributed by atoms with E-state index in [0.717, 1.165) is 7.11 Å². The van der Waals surface area contributed by atoms with Gasteiger partial charge in [-0.2, -0.15) is 0 Å². The zero-order valence-corrected chi connectivity index (χ0v) is 7.99. The van der Waals surface area contributed by atoms with Gasteiger partial charge in [-0.3, -0.25) is 0 Å². The Hall–Kier alpha value is -1.10. The van der Waals surface area contributed by atoms with Crippen molar-refractivity contribution in [1.29, 1.82) is 0 Å². The van der Waals surface area contributed by atoms with Crippen LogP contribution in [0.4, 0.5) is 0 Å². The van der Waals surface area contributed by atoms with Gasteiger partial charge in [0.1, 0.15) is 0 Å². The van der Waals surface area contributed by atoms with Crippen LogP contribution in [0.15, 0.2) is 0 Å². The smallest absolute Gasteiger partial charge is 0.350 e. The van der Waals surface area contributed by atoms with Gasteiger partial charge in [-0.25, -0.2) is 9.59 Å². The summed E-state index contributed by atoms with van der Waals surface area (Å²) in [5.74, 6) is -2.19. The molecule has 1 unspecified atom stereocenters. The fraction of sp³-hybridized carbons (Fsp3) is 0.750. The standard InChI is InChI=1S/C8H14O5/c1-4-8(6(9)10,13-5-2)7(11)12-3/h4-5H2,1-3H3,(H,9,10). The van der Waals surface area contributed by atoms with Crippen molar-refractivity contribution >= 4 is 11.9 Å². The van der Waals surface area contributed by atoms with Gasteiger partial charge in [0, 0.05) is 6.61 Å². The van der Waals surface area contributed by atoms with Crippen LogP contribution in [0.25, 0.3) is 0 Å². The minimum atomic E-state index is -1.84. The highest BCUT2D eigenvalue weighted by Gasteiger charge is 2.47. The van der Waals surface area contributed by atoms with Crippen molar-refractivity contribution in [1.82, 2.24) is 0 Å². The van der Waals surface area contributed by atoms with Crippen LogP contribution >= 0.6 is 0 Å². The second-order valence-corrected chi connectivity index (χ2v) is 2.41. The summed E-state index contributed by atoms with van der Waals surface area (Å²) in [4.78, 5) is 22.0. The average Bonchev–Trinajstić information content (AvgIpc) is 2.12. The number of ether oxygens (including phenoxy) is 2. The predicted octanol–water partition coefficient (Wildman–Crippen LogP) is 0.429. The number of carboxylic acids is 1. The van der Waals surface area contributed by atoms with E-state index in [2.05, 4.69) is 4.74 Å². The Morgan fingerprint density at radius 3 is 2.15 bits per heavy atom. The van der Waals surface area contributed by atoms with Crippen molar-refractivity contribution in [2.45, 2.75) is 25.9 Å². The molecular formula is C8H14O5. The van der Waals surface area contributed by atoms with Crippen molar-refractivity contribution < 1.29 is 24.2 Å². The van der Waals surface area contributed by atoms with Crippen molar-refractivity contribution in [2.24, 2.45) is 0 Å². The molecule has 0 fully saturated rings. The molecule has 0 aromatic carbocycles. The van der Waals surface area contributed by atoms with E-state index in [1.165, 1.54) is 0 Å². The topological polar surface area (TPSA) is 72.8 Å². The van der Waals surface area contributed by atoms with Gasteiger partial charge in [-0.05, 0) is 13.3 Å². The fourth-order valence-corrected chi connectivity index (χ4v) is 1.02. The molecule has 1 N–H and O–H groups in total. The highest BCUT2D eigenvalue weighted by Crippen LogP contribution is 2.18. The van der Waals surface area contributed by atoms with Crippen LogP contribution in [0.2, 0.25) is 0 Å². The first-order valence-electron chi connectivity index (χ1n) is 4.00. The summed E-state index contributed by atoms with van der Waals surface area (Å²) >= 11 is 0. The first kappa shape index (κ1) is 11.9. The summed E-state index contributed by atoms with van der Waals surface area (Å²) < 4.78 is 9.29. The van der Waals surface area contributed by atoms with Crippen LogP contribution in [0.3, 0.4) is 0 Å². The van der Waals surface area contributed by atoms with E-state index >= 15 is 0 Å². The Balaban J connectivity index is 4.85. The quantitative estimate of drug-likeness (QED) is 0.502. The van der Waals surface area contributed by atoms with E-state index in [4.69, 9.17) is 9.84 Å². The third-order valence-corrected chi connectivity index (χ3v) is 1.75. The molecule has 5 nitrogen and oxygen atoms in total. The van der Waals surface area contributed by atoms with E-state index in [1.807, 2.05) is 0 Å². The predicted molar refractivity (Wildman–Crippen MR) is 44.3 cm³/mol. The van der Waals surface area contributed by atoms with Gasteiger partial charge in [0.2, 0.25) is 0 Å². The summed E-state index contributed by atoms with van der Waals surface area (Å²) in [5.41, 5.74) is -1.84. The Morgan fingerprint density at radius 2 is 1.92 bits per heavy atom. The van der Waals surface area contributed by atoms with Crippen LogP contribution in [0.1, 0.15) is 20.3 Å². The maximum Gasteiger partial charge on any atom is 0.350 e. The number of methoxy groups -OCH3 is 1. The first-order chi connectivity index (χ1) is 6.05. The lowest BCUT2D eigenvalue weighted by Crippen LogP contribution is -2.49. The largest absolute Gasteiger partial charge is 0.479 e. The highest BCUT2D eigenvalue weighted by molar-refractivity contribution is 6.02. The molecule has 0 aliphatic heterocycles. The lowest BCUT2D eigenvalue weighted by atomic mass is 10.0. The number of carbonyl (C=O) groups is 2. The number of carbonyl (C=O) groups excluding carboxylic acids is 1. The zero-order chi connectivity index (χ0) is 10.5. The number of hydrogen-bond acceptors (Lipinski definition) is 4. The molecule has 0 aliphatic rings. The van der Waals surface area contributed by atoms with Crippen molar-refractivity contribution in [3.8, 4) is 0 Å². The van der Waals surface area contributed by atoms with Gasteiger partial charge >= 0.3 is 11.9 Å². The Morgan fingerprint density at radius 1 is 1.38 bits per heavy atom. The molecule has 0 saturated heterocycles.